The van der Waals surface area contributed by atoms with E-state index in [1.165, 1.54) is 23.8 Å². The van der Waals surface area contributed by atoms with Crippen LogP contribution in [0.4, 0.5) is 13.2 Å². The predicted octanol–water partition coefficient (Wildman–Crippen LogP) is 6.07. The number of ether oxygens (including phenoxy) is 1. The third-order valence-electron chi connectivity index (χ3n) is 4.60. The highest BCUT2D eigenvalue weighted by atomic mass is 35.5. The van der Waals surface area contributed by atoms with Gasteiger partial charge in [-0.25, -0.2) is 4.98 Å². The van der Waals surface area contributed by atoms with E-state index in [2.05, 4.69) is 4.98 Å². The molecule has 0 aliphatic carbocycles. The second kappa shape index (κ2) is 7.50. The molecule has 30 heavy (non-hydrogen) atoms. The van der Waals surface area contributed by atoms with Gasteiger partial charge in [-0.2, -0.15) is 13.2 Å². The summed E-state index contributed by atoms with van der Waals surface area (Å²) in [5.41, 5.74) is 0.500. The molecule has 0 fully saturated rings. The number of aromatic nitrogens is 2. The molecular formula is C22H14ClF3N2O2. The molecule has 0 spiro atoms. The highest BCUT2D eigenvalue weighted by molar-refractivity contribution is 6.31. The molecular weight excluding hydrogens is 417 g/mol. The summed E-state index contributed by atoms with van der Waals surface area (Å²) < 4.78 is 46.0. The summed E-state index contributed by atoms with van der Waals surface area (Å²) in [6, 6.07) is 15.9. The quantitative estimate of drug-likeness (QED) is 0.396. The molecule has 1 aromatic heterocycles. The van der Waals surface area contributed by atoms with Gasteiger partial charge in [0.1, 0.15) is 11.6 Å². The van der Waals surface area contributed by atoms with Crippen LogP contribution in [0.15, 0.2) is 66.7 Å². The van der Waals surface area contributed by atoms with Crippen LogP contribution in [0.2, 0.25) is 5.02 Å². The van der Waals surface area contributed by atoms with Crippen LogP contribution < -0.4 is 4.74 Å². The van der Waals surface area contributed by atoms with E-state index >= 15 is 0 Å². The molecule has 0 atom stereocenters. The molecule has 0 saturated carbocycles. The van der Waals surface area contributed by atoms with E-state index < -0.39 is 17.6 Å². The first-order valence-corrected chi connectivity index (χ1v) is 9.20. The number of benzene rings is 3. The van der Waals surface area contributed by atoms with Crippen molar-refractivity contribution in [2.45, 2.75) is 6.18 Å². The van der Waals surface area contributed by atoms with E-state index in [4.69, 9.17) is 16.3 Å². The molecule has 8 heteroatoms. The number of carbonyl (C=O) groups excluding carboxylic acids is 1. The normalized spacial score (nSPS) is 11.6. The predicted molar refractivity (Wildman–Crippen MR) is 108 cm³/mol. The maximum Gasteiger partial charge on any atom is 0.416 e. The Balaban J connectivity index is 1.93. The molecule has 0 radical (unpaired) electrons. The molecule has 1 heterocycles. The molecule has 3 aromatic carbocycles. The van der Waals surface area contributed by atoms with Gasteiger partial charge in [-0.1, -0.05) is 23.7 Å². The van der Waals surface area contributed by atoms with Crippen molar-refractivity contribution >= 4 is 28.5 Å². The van der Waals surface area contributed by atoms with Gasteiger partial charge in [-0.3, -0.25) is 9.36 Å². The number of halogens is 4. The zero-order valence-electron chi connectivity index (χ0n) is 15.6. The lowest BCUT2D eigenvalue weighted by molar-refractivity contribution is -0.137. The minimum absolute atomic E-state index is 0.0965. The van der Waals surface area contributed by atoms with Crippen LogP contribution >= 0.6 is 11.6 Å². The Morgan fingerprint density at radius 3 is 2.43 bits per heavy atom. The summed E-state index contributed by atoms with van der Waals surface area (Å²) >= 11 is 6.10. The van der Waals surface area contributed by atoms with Crippen molar-refractivity contribution in [2.24, 2.45) is 0 Å². The Kier molecular flexibility index (Phi) is 4.99. The van der Waals surface area contributed by atoms with Gasteiger partial charge in [0.25, 0.3) is 5.91 Å². The van der Waals surface area contributed by atoms with Crippen LogP contribution in [0.5, 0.6) is 5.75 Å². The topological polar surface area (TPSA) is 44.1 Å². The number of rotatable bonds is 3. The zero-order valence-corrected chi connectivity index (χ0v) is 16.3. The smallest absolute Gasteiger partial charge is 0.416 e. The van der Waals surface area contributed by atoms with E-state index in [-0.39, 0.29) is 11.4 Å². The van der Waals surface area contributed by atoms with E-state index in [9.17, 15) is 18.0 Å². The SMILES string of the molecule is COc1ccc(C(=O)n2c(-c3cccc(C(F)(F)F)c3)nc3ccc(Cl)cc32)cc1. The monoisotopic (exact) mass is 430 g/mol. The number of hydrogen-bond acceptors (Lipinski definition) is 3. The van der Waals surface area contributed by atoms with Crippen molar-refractivity contribution in [1.82, 2.24) is 9.55 Å². The lowest BCUT2D eigenvalue weighted by Crippen LogP contribution is -2.14. The maximum absolute atomic E-state index is 13.3. The Bertz CT molecular complexity index is 1250. The molecule has 0 aliphatic rings. The molecule has 0 saturated heterocycles. The molecule has 0 N–H and O–H groups in total. The van der Waals surface area contributed by atoms with E-state index in [0.717, 1.165) is 12.1 Å². The summed E-state index contributed by atoms with van der Waals surface area (Å²) in [7, 11) is 1.51. The first-order chi connectivity index (χ1) is 14.3. The molecule has 4 aromatic rings. The van der Waals surface area contributed by atoms with Crippen LogP contribution in [0.1, 0.15) is 15.9 Å². The molecule has 4 nitrogen and oxygen atoms in total. The van der Waals surface area contributed by atoms with Gasteiger partial charge in [0.15, 0.2) is 0 Å². The van der Waals surface area contributed by atoms with Crippen LogP contribution in [-0.4, -0.2) is 22.6 Å². The number of alkyl halides is 3. The fourth-order valence-electron chi connectivity index (χ4n) is 3.14. The Morgan fingerprint density at radius 1 is 1.03 bits per heavy atom. The lowest BCUT2D eigenvalue weighted by Gasteiger charge is -2.11. The molecule has 0 aliphatic heterocycles. The van der Waals surface area contributed by atoms with Gasteiger partial charge in [0.05, 0.1) is 23.7 Å². The van der Waals surface area contributed by atoms with E-state index in [1.54, 1.807) is 42.5 Å². The van der Waals surface area contributed by atoms with Gasteiger partial charge in [0, 0.05) is 16.1 Å². The summed E-state index contributed by atoms with van der Waals surface area (Å²) in [5, 5.41) is 0.377. The van der Waals surface area contributed by atoms with Crippen molar-refractivity contribution in [3.8, 4) is 17.1 Å². The van der Waals surface area contributed by atoms with Gasteiger partial charge in [-0.05, 0) is 54.6 Å². The number of methoxy groups -OCH3 is 1. The van der Waals surface area contributed by atoms with Crippen molar-refractivity contribution in [1.29, 1.82) is 0 Å². The summed E-state index contributed by atoms with van der Waals surface area (Å²) in [4.78, 5) is 17.7. The van der Waals surface area contributed by atoms with E-state index in [1.807, 2.05) is 0 Å². The van der Waals surface area contributed by atoms with Crippen LogP contribution in [0, 0.1) is 0 Å². The van der Waals surface area contributed by atoms with Gasteiger partial charge in [-0.15, -0.1) is 0 Å². The average Bonchev–Trinajstić information content (AvgIpc) is 3.11. The van der Waals surface area contributed by atoms with Crippen molar-refractivity contribution in [2.75, 3.05) is 7.11 Å². The molecule has 0 unspecified atom stereocenters. The fraction of sp³-hybridized carbons (Fsp3) is 0.0909. The minimum atomic E-state index is -4.52. The van der Waals surface area contributed by atoms with Gasteiger partial charge < -0.3 is 4.74 Å². The fourth-order valence-corrected chi connectivity index (χ4v) is 3.31. The molecule has 0 bridgehead atoms. The van der Waals surface area contributed by atoms with Crippen molar-refractivity contribution in [3.05, 3.63) is 82.9 Å². The largest absolute Gasteiger partial charge is 0.497 e. The minimum Gasteiger partial charge on any atom is -0.497 e. The molecule has 0 amide bonds. The lowest BCUT2D eigenvalue weighted by atomic mass is 10.1. The number of nitrogens with zero attached hydrogens (tertiary/aromatic N) is 2. The summed E-state index contributed by atoms with van der Waals surface area (Å²) in [5.74, 6) is 0.220. The average molecular weight is 431 g/mol. The Morgan fingerprint density at radius 2 is 1.77 bits per heavy atom. The maximum atomic E-state index is 13.3. The van der Waals surface area contributed by atoms with E-state index in [0.29, 0.717) is 27.4 Å². The number of hydrogen-bond donors (Lipinski definition) is 0. The van der Waals surface area contributed by atoms with Crippen LogP contribution in [-0.2, 0) is 6.18 Å². The van der Waals surface area contributed by atoms with Gasteiger partial charge >= 0.3 is 6.18 Å². The summed E-state index contributed by atoms with van der Waals surface area (Å²) in [6.07, 6.45) is -4.52. The Labute approximate surface area is 174 Å². The number of carbonyl (C=O) groups is 1. The van der Waals surface area contributed by atoms with Crippen LogP contribution in [0.3, 0.4) is 0 Å². The van der Waals surface area contributed by atoms with Gasteiger partial charge in [0.2, 0.25) is 0 Å². The second-order valence-electron chi connectivity index (χ2n) is 6.52. The zero-order chi connectivity index (χ0) is 21.5. The summed E-state index contributed by atoms with van der Waals surface area (Å²) in [6.45, 7) is 0. The first kappa shape index (κ1) is 20.0. The number of fused-ring (bicyclic) bond motifs is 1. The van der Waals surface area contributed by atoms with Crippen LogP contribution in [0.25, 0.3) is 22.4 Å². The second-order valence-corrected chi connectivity index (χ2v) is 6.95. The standard InChI is InChI=1S/C22H14ClF3N2O2/c1-30-17-8-5-13(6-9-17)21(29)28-19-12-16(23)7-10-18(19)27-20(28)14-3-2-4-15(11-14)22(24,25)26/h2-12H,1H3. The first-order valence-electron chi connectivity index (χ1n) is 8.82. The molecule has 4 rings (SSSR count). The third kappa shape index (κ3) is 3.64. The van der Waals surface area contributed by atoms with Crippen molar-refractivity contribution in [3.63, 3.8) is 0 Å². The third-order valence-corrected chi connectivity index (χ3v) is 4.84. The highest BCUT2D eigenvalue weighted by Crippen LogP contribution is 2.34. The molecule has 152 valence electrons. The Hall–Kier alpha value is -3.32. The van der Waals surface area contributed by atoms with Crippen molar-refractivity contribution < 1.29 is 22.7 Å². The number of imidazole rings is 1. The highest BCUT2D eigenvalue weighted by Gasteiger charge is 2.31.